The third kappa shape index (κ3) is 1.77. The molecule has 0 amide bonds. The van der Waals surface area contributed by atoms with Gasteiger partial charge in [0.15, 0.2) is 0 Å². The standard InChI is InChI=1S/C15H20O4/c1-17-13(16)12-10-11-6-4-3-5-7-14(11)8-9-15(12,18-2)19-14/h8-10,12H,3-7H2,1-2H3/t12-,14+,15+/m1/s1. The molecule has 2 aliphatic heterocycles. The van der Waals surface area contributed by atoms with Crippen LogP contribution >= 0.6 is 0 Å². The lowest BCUT2D eigenvalue weighted by molar-refractivity contribution is -0.245. The van der Waals surface area contributed by atoms with Gasteiger partial charge in [-0.2, -0.15) is 0 Å². The number of esters is 1. The summed E-state index contributed by atoms with van der Waals surface area (Å²) in [7, 11) is 2.98. The van der Waals surface area contributed by atoms with E-state index in [2.05, 4.69) is 6.08 Å². The molecule has 4 nitrogen and oxygen atoms in total. The van der Waals surface area contributed by atoms with Crippen LogP contribution in [0.5, 0.6) is 0 Å². The lowest BCUT2D eigenvalue weighted by Gasteiger charge is -2.42. The van der Waals surface area contributed by atoms with Crippen LogP contribution in [0.4, 0.5) is 0 Å². The van der Waals surface area contributed by atoms with Gasteiger partial charge >= 0.3 is 5.97 Å². The molecule has 0 radical (unpaired) electrons. The maximum Gasteiger partial charge on any atom is 0.318 e. The van der Waals surface area contributed by atoms with Crippen LogP contribution in [0.25, 0.3) is 0 Å². The van der Waals surface area contributed by atoms with Crippen molar-refractivity contribution in [2.24, 2.45) is 5.92 Å². The highest BCUT2D eigenvalue weighted by molar-refractivity contribution is 5.77. The summed E-state index contributed by atoms with van der Waals surface area (Å²) in [5, 5.41) is 0. The van der Waals surface area contributed by atoms with E-state index < -0.39 is 11.7 Å². The summed E-state index contributed by atoms with van der Waals surface area (Å²) < 4.78 is 16.7. The first-order valence-corrected chi connectivity index (χ1v) is 6.90. The van der Waals surface area contributed by atoms with Gasteiger partial charge in [-0.1, -0.05) is 12.5 Å². The Hall–Kier alpha value is -1.13. The van der Waals surface area contributed by atoms with Crippen LogP contribution in [0.2, 0.25) is 0 Å². The van der Waals surface area contributed by atoms with Crippen molar-refractivity contribution in [3.05, 3.63) is 23.8 Å². The Balaban J connectivity index is 2.06. The number of fused-ring (bicyclic) bond motifs is 1. The predicted molar refractivity (Wildman–Crippen MR) is 69.4 cm³/mol. The molecule has 3 aliphatic rings. The van der Waals surface area contributed by atoms with Gasteiger partial charge in [-0.05, 0) is 43.4 Å². The summed E-state index contributed by atoms with van der Waals surface area (Å²) in [6.07, 6.45) is 11.4. The van der Waals surface area contributed by atoms with Crippen LogP contribution in [0, 0.1) is 5.92 Å². The average Bonchev–Trinajstić information content (AvgIpc) is 2.62. The highest BCUT2D eigenvalue weighted by Crippen LogP contribution is 2.51. The van der Waals surface area contributed by atoms with Crippen LogP contribution < -0.4 is 0 Å². The van der Waals surface area contributed by atoms with Crippen molar-refractivity contribution < 1.29 is 19.0 Å². The first-order valence-electron chi connectivity index (χ1n) is 6.90. The van der Waals surface area contributed by atoms with Crippen molar-refractivity contribution in [1.82, 2.24) is 0 Å². The van der Waals surface area contributed by atoms with E-state index in [1.165, 1.54) is 19.1 Å². The fourth-order valence-electron chi connectivity index (χ4n) is 3.47. The smallest absolute Gasteiger partial charge is 0.318 e. The first-order chi connectivity index (χ1) is 9.16. The van der Waals surface area contributed by atoms with E-state index in [0.717, 1.165) is 25.7 Å². The van der Waals surface area contributed by atoms with E-state index in [-0.39, 0.29) is 11.6 Å². The normalized spacial score (nSPS) is 40.3. The third-order valence-electron chi connectivity index (χ3n) is 4.54. The van der Waals surface area contributed by atoms with E-state index >= 15 is 0 Å². The minimum Gasteiger partial charge on any atom is -0.468 e. The Labute approximate surface area is 113 Å². The molecule has 3 atom stereocenters. The van der Waals surface area contributed by atoms with Gasteiger partial charge < -0.3 is 14.2 Å². The minimum absolute atomic E-state index is 0.307. The molecule has 0 unspecified atom stereocenters. The highest BCUT2D eigenvalue weighted by atomic mass is 16.7. The zero-order valence-corrected chi connectivity index (χ0v) is 11.5. The van der Waals surface area contributed by atoms with Crippen molar-refractivity contribution >= 4 is 5.97 Å². The Morgan fingerprint density at radius 1 is 1.32 bits per heavy atom. The highest BCUT2D eigenvalue weighted by Gasteiger charge is 2.57. The number of carbonyl (C=O) groups excluding carboxylic acids is 1. The quantitative estimate of drug-likeness (QED) is 0.567. The van der Waals surface area contributed by atoms with Crippen molar-refractivity contribution in [2.75, 3.05) is 14.2 Å². The van der Waals surface area contributed by atoms with Crippen molar-refractivity contribution in [1.29, 1.82) is 0 Å². The Kier molecular flexibility index (Phi) is 3.02. The van der Waals surface area contributed by atoms with Crippen LogP contribution in [-0.4, -0.2) is 31.6 Å². The number of hydrogen-bond donors (Lipinski definition) is 0. The Morgan fingerprint density at radius 2 is 2.16 bits per heavy atom. The summed E-state index contributed by atoms with van der Waals surface area (Å²) in [5.41, 5.74) is 0.860. The molecule has 1 aliphatic carbocycles. The average molecular weight is 264 g/mol. The van der Waals surface area contributed by atoms with Crippen LogP contribution in [-0.2, 0) is 19.0 Å². The Morgan fingerprint density at radius 3 is 2.89 bits per heavy atom. The van der Waals surface area contributed by atoms with E-state index in [1.54, 1.807) is 7.11 Å². The van der Waals surface area contributed by atoms with Gasteiger partial charge in [-0.15, -0.1) is 0 Å². The van der Waals surface area contributed by atoms with Crippen molar-refractivity contribution in [3.8, 4) is 0 Å². The molecule has 0 aromatic carbocycles. The topological polar surface area (TPSA) is 44.8 Å². The van der Waals surface area contributed by atoms with Gasteiger partial charge in [0.2, 0.25) is 5.79 Å². The molecule has 0 N–H and O–H groups in total. The van der Waals surface area contributed by atoms with Gasteiger partial charge in [-0.25, -0.2) is 0 Å². The van der Waals surface area contributed by atoms with E-state index in [4.69, 9.17) is 14.2 Å². The second-order valence-electron chi connectivity index (χ2n) is 5.50. The molecular formula is C15H20O4. The first kappa shape index (κ1) is 12.9. The van der Waals surface area contributed by atoms with E-state index in [1.807, 2.05) is 12.2 Å². The van der Waals surface area contributed by atoms with Gasteiger partial charge in [0.25, 0.3) is 0 Å². The fourth-order valence-corrected chi connectivity index (χ4v) is 3.47. The van der Waals surface area contributed by atoms with Crippen LogP contribution in [0.3, 0.4) is 0 Å². The van der Waals surface area contributed by atoms with Crippen molar-refractivity contribution in [2.45, 2.75) is 43.5 Å². The summed E-state index contributed by atoms with van der Waals surface area (Å²) in [4.78, 5) is 12.0. The number of carbonyl (C=O) groups is 1. The zero-order chi connectivity index (χ0) is 13.5. The summed E-state index contributed by atoms with van der Waals surface area (Å²) in [6.45, 7) is 0. The molecule has 104 valence electrons. The number of rotatable bonds is 2. The van der Waals surface area contributed by atoms with E-state index in [0.29, 0.717) is 0 Å². The maximum atomic E-state index is 12.0. The predicted octanol–water partition coefficient (Wildman–Crippen LogP) is 2.35. The molecule has 1 spiro atoms. The molecule has 0 saturated heterocycles. The van der Waals surface area contributed by atoms with Gasteiger partial charge in [0.1, 0.15) is 11.5 Å². The zero-order valence-electron chi connectivity index (χ0n) is 11.5. The van der Waals surface area contributed by atoms with E-state index in [9.17, 15) is 4.79 Å². The lowest BCUT2D eigenvalue weighted by Crippen LogP contribution is -2.50. The molecule has 19 heavy (non-hydrogen) atoms. The SMILES string of the molecule is COC(=O)[C@H]1C=C2CCCCC[C@]23C=C[C@]1(OC)O3. The Bertz CT molecular complexity index is 453. The molecular weight excluding hydrogens is 244 g/mol. The largest absolute Gasteiger partial charge is 0.468 e. The third-order valence-corrected chi connectivity index (χ3v) is 4.54. The molecule has 0 aromatic heterocycles. The summed E-state index contributed by atoms with van der Waals surface area (Å²) >= 11 is 0. The molecule has 1 saturated carbocycles. The molecule has 0 aromatic rings. The second kappa shape index (κ2) is 4.46. The number of ether oxygens (including phenoxy) is 3. The molecule has 2 heterocycles. The van der Waals surface area contributed by atoms with Gasteiger partial charge in [0.05, 0.1) is 7.11 Å². The van der Waals surface area contributed by atoms with Gasteiger partial charge in [0, 0.05) is 7.11 Å². The van der Waals surface area contributed by atoms with Crippen LogP contribution in [0.1, 0.15) is 32.1 Å². The van der Waals surface area contributed by atoms with Crippen LogP contribution in [0.15, 0.2) is 23.8 Å². The van der Waals surface area contributed by atoms with Crippen molar-refractivity contribution in [3.63, 3.8) is 0 Å². The molecule has 1 fully saturated rings. The summed E-state index contributed by atoms with van der Waals surface area (Å²) in [5.74, 6) is -1.80. The molecule has 2 bridgehead atoms. The fraction of sp³-hybridized carbons (Fsp3) is 0.667. The molecule has 4 heteroatoms. The molecule has 3 rings (SSSR count). The number of methoxy groups -OCH3 is 2. The maximum absolute atomic E-state index is 12.0. The van der Waals surface area contributed by atoms with Gasteiger partial charge in [-0.3, -0.25) is 4.79 Å². The monoisotopic (exact) mass is 264 g/mol. The summed E-state index contributed by atoms with van der Waals surface area (Å²) in [6, 6.07) is 0. The number of hydrogen-bond acceptors (Lipinski definition) is 4. The lowest BCUT2D eigenvalue weighted by atomic mass is 9.84. The second-order valence-corrected chi connectivity index (χ2v) is 5.50. The minimum atomic E-state index is -0.985.